The Balaban J connectivity index is 2.08. The Morgan fingerprint density at radius 1 is 1.29 bits per heavy atom. The van der Waals surface area contributed by atoms with Crippen LogP contribution in [0.1, 0.15) is 58.3 Å². The van der Waals surface area contributed by atoms with E-state index < -0.39 is 30.5 Å². The highest BCUT2D eigenvalue weighted by Crippen LogP contribution is 2.46. The van der Waals surface area contributed by atoms with Crippen LogP contribution in [-0.2, 0) is 9.59 Å². The molecule has 1 aliphatic carbocycles. The molecule has 1 aliphatic heterocycles. The van der Waals surface area contributed by atoms with Crippen molar-refractivity contribution in [3.63, 3.8) is 0 Å². The molecule has 2 unspecified atom stereocenters. The molecule has 2 fully saturated rings. The number of alkyl halides is 3. The van der Waals surface area contributed by atoms with Crippen molar-refractivity contribution in [2.24, 2.45) is 17.3 Å². The van der Waals surface area contributed by atoms with E-state index in [0.717, 1.165) is 43.4 Å². The van der Waals surface area contributed by atoms with Crippen LogP contribution in [0, 0.1) is 17.3 Å². The third-order valence-electron chi connectivity index (χ3n) is 5.61. The Hall–Kier alpha value is -1.27. The van der Waals surface area contributed by atoms with Gasteiger partial charge in [0.25, 0.3) is 0 Å². The van der Waals surface area contributed by atoms with Gasteiger partial charge in [0.05, 0.1) is 0 Å². The quantitative estimate of drug-likeness (QED) is 0.792. The van der Waals surface area contributed by atoms with Gasteiger partial charge in [-0.2, -0.15) is 13.2 Å². The summed E-state index contributed by atoms with van der Waals surface area (Å²) in [6.07, 6.45) is 1.21. The molecule has 7 heteroatoms. The standard InChI is InChI=1S/C17H26F3NO3/c1-2-5-13(10-12-6-3-4-7-12)14(22)21-9-8-16(11-21,15(23)24)17(18,19)20/h12-13H,2-11H2,1H3,(H,23,24). The summed E-state index contributed by atoms with van der Waals surface area (Å²) in [7, 11) is 0. The molecule has 24 heavy (non-hydrogen) atoms. The van der Waals surface area contributed by atoms with E-state index in [1.54, 1.807) is 0 Å². The second-order valence-corrected chi connectivity index (χ2v) is 7.27. The molecule has 2 atom stereocenters. The molecule has 0 aromatic rings. The predicted molar refractivity (Wildman–Crippen MR) is 82.3 cm³/mol. The molecule has 1 amide bonds. The van der Waals surface area contributed by atoms with Gasteiger partial charge < -0.3 is 10.0 Å². The van der Waals surface area contributed by atoms with Crippen LogP contribution in [-0.4, -0.2) is 41.1 Å². The molecule has 0 bridgehead atoms. The highest BCUT2D eigenvalue weighted by atomic mass is 19.4. The Morgan fingerprint density at radius 2 is 1.92 bits per heavy atom. The van der Waals surface area contributed by atoms with Gasteiger partial charge in [0, 0.05) is 19.0 Å². The van der Waals surface area contributed by atoms with Gasteiger partial charge in [-0.3, -0.25) is 9.59 Å². The lowest BCUT2D eigenvalue weighted by molar-refractivity contribution is -0.227. The van der Waals surface area contributed by atoms with Crippen LogP contribution in [0.5, 0.6) is 0 Å². The molecule has 2 aliphatic rings. The van der Waals surface area contributed by atoms with Crippen molar-refractivity contribution in [3.8, 4) is 0 Å². The number of carbonyl (C=O) groups is 2. The maximum Gasteiger partial charge on any atom is 0.406 e. The largest absolute Gasteiger partial charge is 0.481 e. The van der Waals surface area contributed by atoms with E-state index in [1.165, 1.54) is 0 Å². The Bertz CT molecular complexity index is 474. The van der Waals surface area contributed by atoms with Gasteiger partial charge in [-0.25, -0.2) is 0 Å². The maximum atomic E-state index is 13.3. The van der Waals surface area contributed by atoms with Crippen LogP contribution in [0.2, 0.25) is 0 Å². The maximum absolute atomic E-state index is 13.3. The first kappa shape index (κ1) is 19.1. The summed E-state index contributed by atoms with van der Waals surface area (Å²) in [5, 5.41) is 9.11. The van der Waals surface area contributed by atoms with Crippen molar-refractivity contribution in [2.45, 2.75) is 64.5 Å². The average molecular weight is 349 g/mol. The average Bonchev–Trinajstić information content (AvgIpc) is 3.15. The summed E-state index contributed by atoms with van der Waals surface area (Å²) in [5.74, 6) is -1.99. The zero-order chi connectivity index (χ0) is 18.0. The van der Waals surface area contributed by atoms with Gasteiger partial charge in [0.1, 0.15) is 0 Å². The fourth-order valence-electron chi connectivity index (χ4n) is 4.12. The number of hydrogen-bond donors (Lipinski definition) is 1. The van der Waals surface area contributed by atoms with E-state index in [1.807, 2.05) is 6.92 Å². The molecule has 0 radical (unpaired) electrons. The first-order chi connectivity index (χ1) is 11.2. The third kappa shape index (κ3) is 3.70. The number of nitrogens with zero attached hydrogens (tertiary/aromatic N) is 1. The van der Waals surface area contributed by atoms with Gasteiger partial charge in [0.15, 0.2) is 5.41 Å². The summed E-state index contributed by atoms with van der Waals surface area (Å²) in [6.45, 7) is 1.07. The highest BCUT2D eigenvalue weighted by molar-refractivity contribution is 5.82. The van der Waals surface area contributed by atoms with Crippen LogP contribution in [0.25, 0.3) is 0 Å². The van der Waals surface area contributed by atoms with Crippen molar-refractivity contribution in [3.05, 3.63) is 0 Å². The van der Waals surface area contributed by atoms with Gasteiger partial charge in [0.2, 0.25) is 5.91 Å². The Labute approximate surface area is 140 Å². The topological polar surface area (TPSA) is 57.6 Å². The summed E-state index contributed by atoms with van der Waals surface area (Å²) in [5.41, 5.74) is -2.81. The lowest BCUT2D eigenvalue weighted by Crippen LogP contribution is -2.48. The number of hydrogen-bond acceptors (Lipinski definition) is 2. The molecular formula is C17H26F3NO3. The minimum atomic E-state index is -4.85. The zero-order valence-corrected chi connectivity index (χ0v) is 14.1. The van der Waals surface area contributed by atoms with Crippen molar-refractivity contribution in [1.29, 1.82) is 0 Å². The van der Waals surface area contributed by atoms with E-state index in [9.17, 15) is 22.8 Å². The molecule has 1 N–H and O–H groups in total. The Kier molecular flexibility index (Phi) is 5.81. The third-order valence-corrected chi connectivity index (χ3v) is 5.61. The summed E-state index contributed by atoms with van der Waals surface area (Å²) in [6, 6.07) is 0. The fourth-order valence-corrected chi connectivity index (χ4v) is 4.12. The fraction of sp³-hybridized carbons (Fsp3) is 0.882. The number of amides is 1. The van der Waals surface area contributed by atoms with E-state index in [2.05, 4.69) is 0 Å². The normalized spacial score (nSPS) is 26.8. The molecular weight excluding hydrogens is 323 g/mol. The van der Waals surface area contributed by atoms with E-state index in [-0.39, 0.29) is 18.4 Å². The molecule has 1 saturated carbocycles. The van der Waals surface area contributed by atoms with Crippen molar-refractivity contribution >= 4 is 11.9 Å². The molecule has 1 heterocycles. The molecule has 0 spiro atoms. The number of likely N-dealkylation sites (tertiary alicyclic amines) is 1. The second kappa shape index (κ2) is 7.31. The van der Waals surface area contributed by atoms with E-state index in [0.29, 0.717) is 12.3 Å². The van der Waals surface area contributed by atoms with Crippen molar-refractivity contribution in [2.75, 3.05) is 13.1 Å². The van der Waals surface area contributed by atoms with Crippen LogP contribution in [0.15, 0.2) is 0 Å². The van der Waals surface area contributed by atoms with Crippen LogP contribution < -0.4 is 0 Å². The number of rotatable bonds is 6. The predicted octanol–water partition coefficient (Wildman–Crippen LogP) is 3.85. The summed E-state index contributed by atoms with van der Waals surface area (Å²) in [4.78, 5) is 25.1. The van der Waals surface area contributed by atoms with Gasteiger partial charge >= 0.3 is 12.1 Å². The lowest BCUT2D eigenvalue weighted by atomic mass is 9.86. The summed E-state index contributed by atoms with van der Waals surface area (Å²) >= 11 is 0. The van der Waals surface area contributed by atoms with Gasteiger partial charge in [-0.15, -0.1) is 0 Å². The van der Waals surface area contributed by atoms with E-state index in [4.69, 9.17) is 5.11 Å². The van der Waals surface area contributed by atoms with Gasteiger partial charge in [-0.1, -0.05) is 39.0 Å². The Morgan fingerprint density at radius 3 is 2.38 bits per heavy atom. The number of carboxylic acid groups (broad SMARTS) is 1. The zero-order valence-electron chi connectivity index (χ0n) is 14.1. The second-order valence-electron chi connectivity index (χ2n) is 7.27. The molecule has 0 aromatic heterocycles. The smallest absolute Gasteiger partial charge is 0.406 e. The van der Waals surface area contributed by atoms with Crippen LogP contribution in [0.3, 0.4) is 0 Å². The monoisotopic (exact) mass is 349 g/mol. The van der Waals surface area contributed by atoms with Crippen LogP contribution >= 0.6 is 0 Å². The molecule has 138 valence electrons. The first-order valence-electron chi connectivity index (χ1n) is 8.80. The number of carboxylic acids is 1. The van der Waals surface area contributed by atoms with Crippen molar-refractivity contribution < 1.29 is 27.9 Å². The first-order valence-corrected chi connectivity index (χ1v) is 8.80. The molecule has 1 saturated heterocycles. The number of aliphatic carboxylic acids is 1. The number of halogens is 3. The minimum Gasteiger partial charge on any atom is -0.481 e. The molecule has 2 rings (SSSR count). The van der Waals surface area contributed by atoms with E-state index >= 15 is 0 Å². The minimum absolute atomic E-state index is 0.129. The summed E-state index contributed by atoms with van der Waals surface area (Å²) < 4.78 is 39.8. The van der Waals surface area contributed by atoms with Crippen molar-refractivity contribution in [1.82, 2.24) is 4.90 Å². The SMILES string of the molecule is CCCC(CC1CCCC1)C(=O)N1CCC(C(=O)O)(C(F)(F)F)C1. The lowest BCUT2D eigenvalue weighted by Gasteiger charge is -2.29. The van der Waals surface area contributed by atoms with Gasteiger partial charge in [-0.05, 0) is 25.2 Å². The molecule has 0 aromatic carbocycles. The highest BCUT2D eigenvalue weighted by Gasteiger charge is 2.64. The van der Waals surface area contributed by atoms with Crippen LogP contribution in [0.4, 0.5) is 13.2 Å². The molecule has 4 nitrogen and oxygen atoms in total. The number of carbonyl (C=O) groups excluding carboxylic acids is 1.